The highest BCUT2D eigenvalue weighted by Crippen LogP contribution is 2.29. The maximum atomic E-state index is 12.3. The molecule has 0 aliphatic carbocycles. The number of esters is 1. The summed E-state index contributed by atoms with van der Waals surface area (Å²) in [5, 5.41) is 5.09. The molecule has 2 rings (SSSR count). The first kappa shape index (κ1) is 21.6. The van der Waals surface area contributed by atoms with E-state index in [9.17, 15) is 23.2 Å². The molecule has 0 saturated heterocycles. The number of methoxy groups -OCH3 is 1. The molecule has 0 atom stereocenters. The molecule has 0 saturated carbocycles. The van der Waals surface area contributed by atoms with Gasteiger partial charge in [0.1, 0.15) is 0 Å². The predicted octanol–water partition coefficient (Wildman–Crippen LogP) is 3.05. The summed E-state index contributed by atoms with van der Waals surface area (Å²) < 4.78 is 38.8. The lowest BCUT2D eigenvalue weighted by Crippen LogP contribution is -2.21. The van der Waals surface area contributed by atoms with Crippen molar-refractivity contribution in [2.45, 2.75) is 13.5 Å². The minimum absolute atomic E-state index is 0.0103. The van der Waals surface area contributed by atoms with Gasteiger partial charge in [-0.15, -0.1) is 0 Å². The molecule has 0 radical (unpaired) electrons. The van der Waals surface area contributed by atoms with Gasteiger partial charge in [-0.1, -0.05) is 6.07 Å². The summed E-state index contributed by atoms with van der Waals surface area (Å²) in [4.78, 5) is 35.1. The monoisotopic (exact) mass is 408 g/mol. The Labute approximate surface area is 164 Å². The van der Waals surface area contributed by atoms with Gasteiger partial charge < -0.3 is 24.8 Å². The van der Waals surface area contributed by atoms with Crippen LogP contribution < -0.4 is 20.1 Å². The molecule has 29 heavy (non-hydrogen) atoms. The Balaban J connectivity index is 1.95. The maximum absolute atomic E-state index is 12.3. The molecule has 0 heterocycles. The van der Waals surface area contributed by atoms with Gasteiger partial charge in [-0.05, 0) is 36.4 Å². The van der Waals surface area contributed by atoms with E-state index in [-0.39, 0.29) is 23.0 Å². The van der Waals surface area contributed by atoms with Crippen molar-refractivity contribution in [3.8, 4) is 11.5 Å². The van der Waals surface area contributed by atoms with Gasteiger partial charge in [0.25, 0.3) is 5.91 Å². The van der Waals surface area contributed by atoms with Crippen LogP contribution in [0.3, 0.4) is 0 Å². The zero-order valence-corrected chi connectivity index (χ0v) is 15.5. The van der Waals surface area contributed by atoms with E-state index in [1.807, 2.05) is 0 Å². The summed E-state index contributed by atoms with van der Waals surface area (Å²) in [7, 11) is 1.23. The molecule has 154 valence electrons. The van der Waals surface area contributed by atoms with Crippen LogP contribution in [0, 0.1) is 0 Å². The Kier molecular flexibility index (Phi) is 7.47. The number of rotatable bonds is 8. The highest BCUT2D eigenvalue weighted by Gasteiger charge is 2.16. The summed E-state index contributed by atoms with van der Waals surface area (Å²) in [6.45, 7) is -2.28. The maximum Gasteiger partial charge on any atom is 0.387 e. The third-order valence-electron chi connectivity index (χ3n) is 3.42. The fourth-order valence-electron chi connectivity index (χ4n) is 2.28. The number of amides is 2. The second-order valence-corrected chi connectivity index (χ2v) is 5.63. The van der Waals surface area contributed by atoms with Crippen LogP contribution in [0.1, 0.15) is 17.3 Å². The van der Waals surface area contributed by atoms with Crippen LogP contribution in [0.2, 0.25) is 0 Å². The molecule has 2 amide bonds. The van der Waals surface area contributed by atoms with E-state index in [0.717, 1.165) is 12.1 Å². The number of benzene rings is 2. The molecule has 0 bridgehead atoms. The average molecular weight is 408 g/mol. The summed E-state index contributed by atoms with van der Waals surface area (Å²) >= 11 is 0. The van der Waals surface area contributed by atoms with Crippen molar-refractivity contribution in [2.75, 3.05) is 24.4 Å². The van der Waals surface area contributed by atoms with E-state index in [2.05, 4.69) is 15.4 Å². The number of ether oxygens (including phenoxy) is 3. The lowest BCUT2D eigenvalue weighted by molar-refractivity contribution is -0.119. The van der Waals surface area contributed by atoms with Crippen LogP contribution in [-0.2, 0) is 14.3 Å². The first-order valence-electron chi connectivity index (χ1n) is 8.26. The Morgan fingerprint density at radius 3 is 2.31 bits per heavy atom. The minimum Gasteiger partial charge on any atom is -0.493 e. The van der Waals surface area contributed by atoms with Gasteiger partial charge in [-0.25, -0.2) is 4.79 Å². The smallest absolute Gasteiger partial charge is 0.387 e. The van der Waals surface area contributed by atoms with Crippen LogP contribution in [-0.4, -0.2) is 38.1 Å². The average Bonchev–Trinajstić information content (AvgIpc) is 2.65. The van der Waals surface area contributed by atoms with E-state index in [4.69, 9.17) is 9.47 Å². The Morgan fingerprint density at radius 2 is 1.69 bits per heavy atom. The van der Waals surface area contributed by atoms with E-state index in [1.165, 1.54) is 26.2 Å². The number of anilines is 2. The second-order valence-electron chi connectivity index (χ2n) is 5.63. The molecule has 8 nitrogen and oxygen atoms in total. The van der Waals surface area contributed by atoms with Crippen LogP contribution in [0.15, 0.2) is 42.5 Å². The van der Waals surface area contributed by atoms with Crippen LogP contribution >= 0.6 is 0 Å². The SMILES string of the molecule is COc1cc(C(=O)OCC(=O)Nc2cccc(NC(C)=O)c2)ccc1OC(F)F. The lowest BCUT2D eigenvalue weighted by Gasteiger charge is -2.11. The van der Waals surface area contributed by atoms with E-state index in [0.29, 0.717) is 11.4 Å². The van der Waals surface area contributed by atoms with Gasteiger partial charge in [-0.2, -0.15) is 8.78 Å². The summed E-state index contributed by atoms with van der Waals surface area (Å²) in [6, 6.07) is 9.90. The second kappa shape index (κ2) is 10.0. The molecule has 2 aromatic rings. The third-order valence-corrected chi connectivity index (χ3v) is 3.42. The number of hydrogen-bond acceptors (Lipinski definition) is 6. The molecule has 2 N–H and O–H groups in total. The quantitative estimate of drug-likeness (QED) is 0.651. The van der Waals surface area contributed by atoms with Crippen molar-refractivity contribution in [3.05, 3.63) is 48.0 Å². The minimum atomic E-state index is -3.05. The molecule has 0 aliphatic rings. The number of nitrogens with one attached hydrogen (secondary N) is 2. The Hall–Kier alpha value is -3.69. The van der Waals surface area contributed by atoms with Gasteiger partial charge in [0.2, 0.25) is 5.91 Å². The van der Waals surface area contributed by atoms with Crippen molar-refractivity contribution >= 4 is 29.2 Å². The van der Waals surface area contributed by atoms with Crippen molar-refractivity contribution in [3.63, 3.8) is 0 Å². The summed E-state index contributed by atoms with van der Waals surface area (Å²) in [6.07, 6.45) is 0. The highest BCUT2D eigenvalue weighted by molar-refractivity contribution is 5.96. The van der Waals surface area contributed by atoms with E-state index >= 15 is 0 Å². The number of alkyl halides is 2. The molecule has 0 unspecified atom stereocenters. The number of carbonyl (C=O) groups excluding carboxylic acids is 3. The zero-order chi connectivity index (χ0) is 21.4. The van der Waals surface area contributed by atoms with Gasteiger partial charge in [0.05, 0.1) is 12.7 Å². The van der Waals surface area contributed by atoms with Crippen LogP contribution in [0.25, 0.3) is 0 Å². The number of halogens is 2. The largest absolute Gasteiger partial charge is 0.493 e. The van der Waals surface area contributed by atoms with E-state index in [1.54, 1.807) is 18.2 Å². The first-order valence-corrected chi connectivity index (χ1v) is 8.26. The van der Waals surface area contributed by atoms with Crippen molar-refractivity contribution in [1.82, 2.24) is 0 Å². The van der Waals surface area contributed by atoms with Crippen molar-refractivity contribution < 1.29 is 37.4 Å². The fraction of sp³-hybridized carbons (Fsp3) is 0.211. The standard InChI is InChI=1S/C19H18F2N2O6/c1-11(24)22-13-4-3-5-14(9-13)23-17(25)10-28-18(26)12-6-7-15(29-19(20)21)16(8-12)27-2/h3-9,19H,10H2,1-2H3,(H,22,24)(H,23,25). The lowest BCUT2D eigenvalue weighted by atomic mass is 10.2. The Morgan fingerprint density at radius 1 is 1.00 bits per heavy atom. The summed E-state index contributed by atoms with van der Waals surface area (Å²) in [5.74, 6) is -2.05. The van der Waals surface area contributed by atoms with Gasteiger partial charge >= 0.3 is 12.6 Å². The van der Waals surface area contributed by atoms with Gasteiger partial charge in [0.15, 0.2) is 18.1 Å². The van der Waals surface area contributed by atoms with Crippen LogP contribution in [0.4, 0.5) is 20.2 Å². The normalized spacial score (nSPS) is 10.2. The van der Waals surface area contributed by atoms with Crippen molar-refractivity contribution in [2.24, 2.45) is 0 Å². The molecule has 0 aliphatic heterocycles. The van der Waals surface area contributed by atoms with Crippen molar-refractivity contribution in [1.29, 1.82) is 0 Å². The Bertz CT molecular complexity index is 904. The fourth-order valence-corrected chi connectivity index (χ4v) is 2.28. The number of hydrogen-bond donors (Lipinski definition) is 2. The third kappa shape index (κ3) is 6.76. The zero-order valence-electron chi connectivity index (χ0n) is 15.5. The van der Waals surface area contributed by atoms with Gasteiger partial charge in [0, 0.05) is 18.3 Å². The predicted molar refractivity (Wildman–Crippen MR) is 99.3 cm³/mol. The number of carbonyl (C=O) groups is 3. The molecule has 2 aromatic carbocycles. The molecule has 10 heteroatoms. The summed E-state index contributed by atoms with van der Waals surface area (Å²) in [5.41, 5.74) is 0.877. The first-order chi connectivity index (χ1) is 13.8. The molecule has 0 aromatic heterocycles. The molecular formula is C19H18F2N2O6. The van der Waals surface area contributed by atoms with Gasteiger partial charge in [-0.3, -0.25) is 9.59 Å². The molecule has 0 fully saturated rings. The highest BCUT2D eigenvalue weighted by atomic mass is 19.3. The van der Waals surface area contributed by atoms with Crippen LogP contribution in [0.5, 0.6) is 11.5 Å². The van der Waals surface area contributed by atoms with E-state index < -0.39 is 25.1 Å². The molecular weight excluding hydrogens is 390 g/mol. The molecule has 0 spiro atoms. The topological polar surface area (TPSA) is 103 Å².